The number of halogens is 1. The molecule has 0 aliphatic carbocycles. The first-order valence-corrected chi connectivity index (χ1v) is 137. The summed E-state index contributed by atoms with van der Waals surface area (Å²) in [6.45, 7) is 6.98. The van der Waals surface area contributed by atoms with E-state index in [0.717, 1.165) is 0 Å². The topological polar surface area (TPSA) is 34.1 Å². The van der Waals surface area contributed by atoms with E-state index in [9.17, 15) is 9.59 Å². The molecule has 614 valence electrons. The molecule has 2 nitrogen and oxygen atoms in total. The van der Waals surface area contributed by atoms with Crippen molar-refractivity contribution in [3.8, 4) is 0 Å². The molecule has 0 aromatic heterocycles. The Morgan fingerprint density at radius 2 is 0.371 bits per heavy atom. The van der Waals surface area contributed by atoms with Crippen LogP contribution < -0.4 is 51.4 Å². The molecule has 105 heavy (non-hydrogen) atoms. The molecule has 0 aliphatic rings. The molecule has 0 heterocycles. The summed E-state index contributed by atoms with van der Waals surface area (Å²) in [5.41, 5.74) is 0. The van der Waals surface area contributed by atoms with Crippen LogP contribution in [0.2, 0.25) is 0 Å². The molecule has 0 aromatic carbocycles. The van der Waals surface area contributed by atoms with Crippen molar-refractivity contribution in [3.05, 3.63) is 61.8 Å². The summed E-state index contributed by atoms with van der Waals surface area (Å²) in [6, 6.07) is 0. The molecule has 0 amide bonds. The fourth-order valence-corrected chi connectivity index (χ4v) is 671. The molecule has 0 saturated heterocycles. The second kappa shape index (κ2) is 46.0. The molecule has 0 saturated carbocycles. The van der Waals surface area contributed by atoms with E-state index in [1.807, 2.05) is 0 Å². The zero-order valence-electron chi connectivity index (χ0n) is 46.2. The van der Waals surface area contributed by atoms with Crippen LogP contribution in [0.3, 0.4) is 0 Å². The number of rotatable bonds is 36. The molecule has 1 unspecified atom stereocenters. The van der Waals surface area contributed by atoms with Crippen molar-refractivity contribution in [1.29, 1.82) is 0 Å². The van der Waals surface area contributed by atoms with E-state index in [2.05, 4.69) is 13.2 Å². The normalized spacial score (nSPS) is 16.2. The molecule has 0 fully saturated rings. The first kappa shape index (κ1) is 133. The van der Waals surface area contributed by atoms with Gasteiger partial charge in [0.25, 0.3) is 0 Å². The molecule has 0 spiro atoms. The molecule has 0 bridgehead atoms. The first-order chi connectivity index (χ1) is 44.4. The number of hydrogen-bond acceptors (Lipinski definition) is 60. The van der Waals surface area contributed by atoms with Crippen molar-refractivity contribution < 1.29 is 61.0 Å². The van der Waals surface area contributed by atoms with Gasteiger partial charge >= 0.3 is 51.4 Å². The zero-order valence-corrected chi connectivity index (χ0v) is 122. The molecule has 1 atom stereocenters. The van der Waals surface area contributed by atoms with Crippen LogP contribution in [0.15, 0.2) is 61.8 Å². The molecule has 0 radical (unpaired) electrons. The minimum atomic E-state index is -4.14. The van der Waals surface area contributed by atoms with Gasteiger partial charge in [-0.1, -0.05) is 60.8 Å². The Morgan fingerprint density at radius 3 is 0.476 bits per heavy atom. The number of hydrogen-bond donors (Lipinski definition) is 0. The van der Waals surface area contributed by atoms with Crippen molar-refractivity contribution in [2.45, 2.75) is 12.8 Å². The van der Waals surface area contributed by atoms with E-state index >= 15 is 0 Å². The van der Waals surface area contributed by atoms with Gasteiger partial charge in [-0.05, 0) is 639 Å². The average Bonchev–Trinajstić information content (AvgIpc) is 0.678. The van der Waals surface area contributed by atoms with E-state index < -0.39 is 152 Å². The van der Waals surface area contributed by atoms with Gasteiger partial charge in [-0.15, -0.1) is 0 Å². The minimum absolute atomic E-state index is 0. The van der Waals surface area contributed by atoms with Crippen molar-refractivity contribution in [2.75, 3.05) is 0 Å². The third-order valence-electron chi connectivity index (χ3n) is 8.55. The molecule has 91 heteroatoms. The molecule has 0 aromatic rings. The Kier molecular flexibility index (Phi) is 58.1. The molecular weight excluding hydrogens is 3160 g/mol. The van der Waals surface area contributed by atoms with Crippen LogP contribution in [0, 0.1) is 0 Å². The molecule has 0 aliphatic heterocycles. The minimum Gasteiger partial charge on any atom is -0.700 e. The van der Waals surface area contributed by atoms with E-state index in [4.69, 9.17) is 649 Å². The fraction of sp³-hybridized carbons (Fsp3) is 0.143. The molecular formula is C14H16IKO2S87. The van der Waals surface area contributed by atoms with E-state index in [1.54, 1.807) is 57.7 Å². The Labute approximate surface area is 940 Å². The summed E-state index contributed by atoms with van der Waals surface area (Å²) in [5.74, 6) is -0.196. The van der Waals surface area contributed by atoms with Crippen molar-refractivity contribution >= 4 is 834 Å². The van der Waals surface area contributed by atoms with Crippen LogP contribution in [0.5, 0.6) is 0 Å². The summed E-state index contributed by atoms with van der Waals surface area (Å²) < 4.78 is -2.75. The summed E-state index contributed by atoms with van der Waals surface area (Å²) in [4.78, 5) is 22.4. The second-order valence-electron chi connectivity index (χ2n) is 14.6. The van der Waals surface area contributed by atoms with Gasteiger partial charge in [0.1, 0.15) is 0 Å². The Morgan fingerprint density at radius 1 is 0.257 bits per heavy atom. The van der Waals surface area contributed by atoms with Gasteiger partial charge in [0, 0.05) is 178 Å². The number of allylic oxidation sites excluding steroid dienone is 8. The third kappa shape index (κ3) is 24.3. The zero-order chi connectivity index (χ0) is 85.8. The summed E-state index contributed by atoms with van der Waals surface area (Å²) in [6.07, 6.45) is 13.2. The van der Waals surface area contributed by atoms with Gasteiger partial charge < -0.3 is 11.7 Å². The van der Waals surface area contributed by atoms with E-state index in [1.165, 1.54) is 12.2 Å². The summed E-state index contributed by atoms with van der Waals surface area (Å²) >= 11 is 351. The van der Waals surface area contributed by atoms with Crippen LogP contribution in [-0.2, 0) is 811 Å². The van der Waals surface area contributed by atoms with Gasteiger partial charge in [0.15, 0.2) is 11.6 Å². The molecule has 0 rings (SSSR count). The summed E-state index contributed by atoms with van der Waals surface area (Å²) in [5, 5.41) is -105. The van der Waals surface area contributed by atoms with Crippen molar-refractivity contribution in [3.63, 3.8) is 0 Å². The molecule has 0 N–H and O–H groups in total. The number of carbonyl (C=O) groups excluding carboxylic acids is 2. The van der Waals surface area contributed by atoms with Crippen LogP contribution in [-0.4, -0.2) is 11.6 Å². The van der Waals surface area contributed by atoms with E-state index in [0.29, 0.717) is 0 Å². The van der Waals surface area contributed by atoms with Crippen molar-refractivity contribution in [1.82, 2.24) is 0 Å². The van der Waals surface area contributed by atoms with Crippen LogP contribution in [0.1, 0.15) is 12.8 Å². The quantitative estimate of drug-likeness (QED) is 0.0168. The van der Waals surface area contributed by atoms with Gasteiger partial charge in [0.2, 0.25) is 0 Å². The maximum Gasteiger partial charge on any atom is 1.00 e. The van der Waals surface area contributed by atoms with Gasteiger partial charge in [-0.2, -0.15) is 7.52 Å². The first-order valence-electron chi connectivity index (χ1n) is 19.5. The van der Waals surface area contributed by atoms with Crippen LogP contribution in [0.25, 0.3) is 0 Å². The van der Waals surface area contributed by atoms with Gasteiger partial charge in [0.05, 0.1) is 0 Å². The Hall–Kier alpha value is 23.4. The third-order valence-corrected chi connectivity index (χ3v) is 569. The maximum absolute atomic E-state index is 11.2. The van der Waals surface area contributed by atoms with Crippen molar-refractivity contribution in [2.24, 2.45) is 0 Å². The van der Waals surface area contributed by atoms with Crippen LogP contribution in [0.4, 0.5) is 0 Å². The van der Waals surface area contributed by atoms with Gasteiger partial charge in [-0.3, -0.25) is 9.59 Å². The standard InChI is InChI=1S/C14H16O2.HIS87.K/c1-3-5-7-9-13(15)11-12-14(16)10-8-6-4-2;1-61(4,5)63(8,9)65(12,13)67(16,17)69(20,21)71(24,25)73(28,29)75(32,33)77(36,37)79(40,41)81(44,45)83(48,49)85(52,53)87(56,57)88(58,59)86(54,55)84(50,51)82(46,47)80(42,43)78(38,39)76(34,35)74(30,31)72(26,27)70(22,23)68(18,19)66(14,15)64(10,11)62(6,7)60(2)3;/h3-8,11-12H,1-2,9-10H2;(H,2,3);/q;;+1/p-1/b7-5+,8-6+,12-11-;;. The van der Waals surface area contributed by atoms with Crippen LogP contribution >= 0.6 is 21.2 Å². The predicted molar refractivity (Wildman–Crippen MR) is 722 cm³/mol. The van der Waals surface area contributed by atoms with E-state index in [-0.39, 0.29) is 75.8 Å². The predicted octanol–water partition coefficient (Wildman–Crippen LogP) is 0.626. The van der Waals surface area contributed by atoms with Gasteiger partial charge in [-0.25, -0.2) is 0 Å². The monoisotopic (exact) mass is 3160 g/mol. The Bertz CT molecular complexity index is 7460. The largest absolute Gasteiger partial charge is 1.00 e. The number of carbonyl (C=O) groups is 2. The Balaban J connectivity index is -0.00000539. The fourth-order valence-electron chi connectivity index (χ4n) is 3.60. The number of ketones is 2. The summed E-state index contributed by atoms with van der Waals surface area (Å²) in [7, 11) is -1.58. The second-order valence-corrected chi connectivity index (χ2v) is 323. The SMILES string of the molecule is C=C/C=C/CC(=O)/C=C\C(=O)C/C=C/C=C.S=S([S-])S(=S)(=S)S(=S)(=S)S(=S)(=S)S(=S)(=S)S(=S)(=S)S(=S)(=S)S(=S)(=S)S(=S)(=S)S(=S)(=S)S(=S)(=S)S(=S)(=S)S(=S)(=S)S(=S)(=S)S(=S)(=S)S(=S)(=S)S(=S)(=S)S(=S)(=S)S(=S)(=S)S(=S)(=S)S(=S)(=S)S(=S)(=S)S(=S)(=S)S(=S)(=S)S(=S)(=S)S(=S)(=S)S(=S)(=S)S(=S)(=S)S(=S)(=S)I.[K+]. The smallest absolute Gasteiger partial charge is 0.700 e. The maximum atomic E-state index is 11.2. The average molecular weight is 3170 g/mol.